The summed E-state index contributed by atoms with van der Waals surface area (Å²) in [6.45, 7) is 1.19. The van der Waals surface area contributed by atoms with E-state index in [0.717, 1.165) is 33.1 Å². The van der Waals surface area contributed by atoms with Crippen LogP contribution in [-0.4, -0.2) is 35.4 Å². The van der Waals surface area contributed by atoms with E-state index in [1.807, 2.05) is 41.3 Å². The smallest absolute Gasteiger partial charge is 0.337 e. The van der Waals surface area contributed by atoms with Crippen LogP contribution in [0.3, 0.4) is 0 Å². The van der Waals surface area contributed by atoms with Crippen LogP contribution in [0.25, 0.3) is 10.9 Å². The summed E-state index contributed by atoms with van der Waals surface area (Å²) in [4.78, 5) is 29.9. The number of rotatable bonds is 2. The van der Waals surface area contributed by atoms with E-state index < -0.39 is 0 Å². The number of carbonyl (C=O) groups is 2. The second-order valence-corrected chi connectivity index (χ2v) is 7.23. The highest BCUT2D eigenvalue weighted by Crippen LogP contribution is 2.29. The third-order valence-corrected chi connectivity index (χ3v) is 5.30. The maximum Gasteiger partial charge on any atom is 0.337 e. The normalized spacial score (nSPS) is 13.5. The molecular weight excluding hydrogens is 396 g/mol. The number of H-pyrrole nitrogens is 1. The van der Waals surface area contributed by atoms with Gasteiger partial charge in [0.25, 0.3) is 5.91 Å². The van der Waals surface area contributed by atoms with E-state index in [2.05, 4.69) is 20.9 Å². The molecule has 0 radical (unpaired) electrons. The fraction of sp³-hybridized carbons (Fsp3) is 0.200. The number of hydrogen-bond acceptors (Lipinski definition) is 3. The number of aromatic amines is 1. The molecule has 4 rings (SSSR count). The number of nitrogens with one attached hydrogen (secondary N) is 1. The van der Waals surface area contributed by atoms with Gasteiger partial charge in [-0.05, 0) is 42.5 Å². The SMILES string of the molecule is COC(=O)c1ccc2[nH]c3c(c2c1)CN(C(=O)c1ccc(Br)cc1)CC3. The molecule has 26 heavy (non-hydrogen) atoms. The maximum absolute atomic E-state index is 12.8. The Morgan fingerprint density at radius 2 is 1.85 bits per heavy atom. The van der Waals surface area contributed by atoms with Crippen molar-refractivity contribution in [3.05, 3.63) is 69.3 Å². The number of esters is 1. The first-order valence-electron chi connectivity index (χ1n) is 8.33. The molecule has 0 atom stereocenters. The van der Waals surface area contributed by atoms with Gasteiger partial charge in [0.05, 0.1) is 12.7 Å². The van der Waals surface area contributed by atoms with Gasteiger partial charge in [0.2, 0.25) is 0 Å². The van der Waals surface area contributed by atoms with Crippen molar-refractivity contribution < 1.29 is 14.3 Å². The predicted octanol–water partition coefficient (Wildman–Crippen LogP) is 3.92. The molecule has 1 aromatic heterocycles. The number of benzene rings is 2. The Kier molecular flexibility index (Phi) is 4.28. The summed E-state index contributed by atoms with van der Waals surface area (Å²) >= 11 is 3.39. The quantitative estimate of drug-likeness (QED) is 0.648. The highest BCUT2D eigenvalue weighted by Gasteiger charge is 2.25. The van der Waals surface area contributed by atoms with Gasteiger partial charge in [0, 0.05) is 51.7 Å². The molecule has 6 heteroatoms. The number of methoxy groups -OCH3 is 1. The van der Waals surface area contributed by atoms with Crippen molar-refractivity contribution in [3.63, 3.8) is 0 Å². The summed E-state index contributed by atoms with van der Waals surface area (Å²) in [5, 5.41) is 0.969. The van der Waals surface area contributed by atoms with Crippen molar-refractivity contribution in [1.82, 2.24) is 9.88 Å². The predicted molar refractivity (Wildman–Crippen MR) is 102 cm³/mol. The molecule has 0 bridgehead atoms. The average Bonchev–Trinajstić information content (AvgIpc) is 3.04. The lowest BCUT2D eigenvalue weighted by molar-refractivity contribution is 0.0600. The zero-order valence-corrected chi connectivity index (χ0v) is 15.8. The Labute approximate surface area is 159 Å². The van der Waals surface area contributed by atoms with Crippen molar-refractivity contribution in [2.24, 2.45) is 0 Å². The van der Waals surface area contributed by atoms with Crippen LogP contribution in [0.5, 0.6) is 0 Å². The number of nitrogens with zero attached hydrogens (tertiary/aromatic N) is 1. The fourth-order valence-corrected chi connectivity index (χ4v) is 3.67. The summed E-state index contributed by atoms with van der Waals surface area (Å²) < 4.78 is 5.76. The minimum absolute atomic E-state index is 0.0154. The minimum atomic E-state index is -0.361. The van der Waals surface area contributed by atoms with E-state index in [9.17, 15) is 9.59 Å². The highest BCUT2D eigenvalue weighted by molar-refractivity contribution is 9.10. The van der Waals surface area contributed by atoms with E-state index in [-0.39, 0.29) is 11.9 Å². The van der Waals surface area contributed by atoms with Crippen LogP contribution >= 0.6 is 15.9 Å². The maximum atomic E-state index is 12.8. The molecule has 1 N–H and O–H groups in total. The number of amides is 1. The summed E-state index contributed by atoms with van der Waals surface area (Å²) in [6.07, 6.45) is 0.764. The number of hydrogen-bond donors (Lipinski definition) is 1. The molecule has 3 aromatic rings. The van der Waals surface area contributed by atoms with Crippen molar-refractivity contribution in [3.8, 4) is 0 Å². The van der Waals surface area contributed by atoms with Gasteiger partial charge < -0.3 is 14.6 Å². The van der Waals surface area contributed by atoms with Crippen LogP contribution < -0.4 is 0 Å². The van der Waals surface area contributed by atoms with Crippen LogP contribution in [0, 0.1) is 0 Å². The van der Waals surface area contributed by atoms with E-state index in [4.69, 9.17) is 4.74 Å². The first-order chi connectivity index (χ1) is 12.6. The number of carbonyl (C=O) groups excluding carboxylic acids is 2. The van der Waals surface area contributed by atoms with Crippen molar-refractivity contribution >= 4 is 38.7 Å². The van der Waals surface area contributed by atoms with Crippen LogP contribution in [-0.2, 0) is 17.7 Å². The molecule has 0 fully saturated rings. The lowest BCUT2D eigenvalue weighted by atomic mass is 10.0. The van der Waals surface area contributed by atoms with Gasteiger partial charge in [-0.25, -0.2) is 4.79 Å². The second kappa shape index (κ2) is 6.61. The minimum Gasteiger partial charge on any atom is -0.465 e. The van der Waals surface area contributed by atoms with Crippen LogP contribution in [0.15, 0.2) is 46.9 Å². The van der Waals surface area contributed by atoms with Crippen LogP contribution in [0.2, 0.25) is 0 Å². The summed E-state index contributed by atoms with van der Waals surface area (Å²) in [6, 6.07) is 12.9. The lowest BCUT2D eigenvalue weighted by Gasteiger charge is -2.27. The molecule has 1 aliphatic rings. The molecule has 0 saturated carbocycles. The molecule has 0 saturated heterocycles. The monoisotopic (exact) mass is 412 g/mol. The molecule has 2 heterocycles. The molecule has 0 unspecified atom stereocenters. The van der Waals surface area contributed by atoms with Gasteiger partial charge in [0.15, 0.2) is 0 Å². The van der Waals surface area contributed by atoms with Crippen molar-refractivity contribution in [2.75, 3.05) is 13.7 Å². The van der Waals surface area contributed by atoms with Gasteiger partial charge in [-0.2, -0.15) is 0 Å². The largest absolute Gasteiger partial charge is 0.465 e. The van der Waals surface area contributed by atoms with E-state index in [0.29, 0.717) is 24.2 Å². The summed E-state index contributed by atoms with van der Waals surface area (Å²) in [5.74, 6) is -0.345. The first kappa shape index (κ1) is 16.8. The molecular formula is C20H17BrN2O3. The Hall–Kier alpha value is -2.60. The summed E-state index contributed by atoms with van der Waals surface area (Å²) in [7, 11) is 1.37. The number of aromatic nitrogens is 1. The highest BCUT2D eigenvalue weighted by atomic mass is 79.9. The van der Waals surface area contributed by atoms with Crippen molar-refractivity contribution in [2.45, 2.75) is 13.0 Å². The number of ether oxygens (including phenoxy) is 1. The Bertz CT molecular complexity index is 1010. The van der Waals surface area contributed by atoms with E-state index >= 15 is 0 Å². The fourth-order valence-electron chi connectivity index (χ4n) is 3.41. The van der Waals surface area contributed by atoms with Crippen molar-refractivity contribution in [1.29, 1.82) is 0 Å². The molecule has 0 aliphatic carbocycles. The average molecular weight is 413 g/mol. The molecule has 132 valence electrons. The van der Waals surface area contributed by atoms with Crippen LogP contribution in [0.4, 0.5) is 0 Å². The molecule has 1 amide bonds. The van der Waals surface area contributed by atoms with E-state index in [1.165, 1.54) is 7.11 Å². The molecule has 5 nitrogen and oxygen atoms in total. The van der Waals surface area contributed by atoms with Gasteiger partial charge in [-0.15, -0.1) is 0 Å². The molecule has 0 spiro atoms. The zero-order valence-electron chi connectivity index (χ0n) is 14.2. The Balaban J connectivity index is 1.67. The third-order valence-electron chi connectivity index (χ3n) is 4.77. The zero-order chi connectivity index (χ0) is 18.3. The van der Waals surface area contributed by atoms with Gasteiger partial charge in [0.1, 0.15) is 0 Å². The molecule has 2 aromatic carbocycles. The Morgan fingerprint density at radius 3 is 2.58 bits per heavy atom. The molecule has 1 aliphatic heterocycles. The summed E-state index contributed by atoms with van der Waals surface area (Å²) in [5.41, 5.74) is 4.36. The third kappa shape index (κ3) is 2.90. The van der Waals surface area contributed by atoms with Gasteiger partial charge >= 0.3 is 5.97 Å². The standard InChI is InChI=1S/C20H17BrN2O3/c1-26-20(25)13-4-7-17-15(10-13)16-11-23(9-8-18(16)22-17)19(24)12-2-5-14(21)6-3-12/h2-7,10,22H,8-9,11H2,1H3. The first-order valence-corrected chi connectivity index (χ1v) is 9.13. The second-order valence-electron chi connectivity index (χ2n) is 6.32. The van der Waals surface area contributed by atoms with Gasteiger partial charge in [-0.1, -0.05) is 15.9 Å². The topological polar surface area (TPSA) is 62.4 Å². The van der Waals surface area contributed by atoms with E-state index in [1.54, 1.807) is 6.07 Å². The lowest BCUT2D eigenvalue weighted by Crippen LogP contribution is -2.35. The Morgan fingerprint density at radius 1 is 1.12 bits per heavy atom. The van der Waals surface area contributed by atoms with Crippen LogP contribution in [0.1, 0.15) is 32.0 Å². The number of halogens is 1. The van der Waals surface area contributed by atoms with Gasteiger partial charge in [-0.3, -0.25) is 4.79 Å². The number of fused-ring (bicyclic) bond motifs is 3.